The molecule has 1 unspecified atom stereocenters. The van der Waals surface area contributed by atoms with E-state index >= 15 is 0 Å². The Balaban J connectivity index is 3.02. The lowest BCUT2D eigenvalue weighted by Crippen LogP contribution is -2.34. The van der Waals surface area contributed by atoms with Gasteiger partial charge in [-0.3, -0.25) is 19.1 Å². The van der Waals surface area contributed by atoms with Crippen molar-refractivity contribution >= 4 is 34.2 Å². The molecule has 1 atom stereocenters. The number of hydrogen-bond acceptors (Lipinski definition) is 5. The van der Waals surface area contributed by atoms with Gasteiger partial charge in [-0.15, -0.1) is 11.8 Å². The molecule has 0 aromatic heterocycles. The van der Waals surface area contributed by atoms with Crippen LogP contribution in [0.5, 0.6) is 0 Å². The minimum Gasteiger partial charge on any atom is -0.342 e. The van der Waals surface area contributed by atoms with Gasteiger partial charge in [0.2, 0.25) is 5.91 Å². The second-order valence-corrected chi connectivity index (χ2v) is 6.45. The molecule has 0 heterocycles. The van der Waals surface area contributed by atoms with Crippen molar-refractivity contribution < 1.29 is 13.9 Å². The fourth-order valence-corrected chi connectivity index (χ4v) is 3.40. The first-order valence-corrected chi connectivity index (χ1v) is 8.97. The highest BCUT2D eigenvalue weighted by molar-refractivity contribution is 7.98. The van der Waals surface area contributed by atoms with Gasteiger partial charge in [-0.25, -0.2) is 0 Å². The third kappa shape index (κ3) is 4.53. The monoisotopic (exact) mass is 330 g/mol. The molecule has 1 aromatic carbocycles. The first-order chi connectivity index (χ1) is 9.94. The Morgan fingerprint density at radius 3 is 2.48 bits per heavy atom. The molecule has 8 heteroatoms. The number of carbonyl (C=O) groups is 1. The van der Waals surface area contributed by atoms with Crippen LogP contribution >= 0.6 is 11.8 Å². The van der Waals surface area contributed by atoms with Gasteiger partial charge in [-0.05, 0) is 32.2 Å². The number of carbonyl (C=O) groups excluding carboxylic acids is 1. The molecule has 0 aliphatic rings. The van der Waals surface area contributed by atoms with Gasteiger partial charge in [0.15, 0.2) is 0 Å². The van der Waals surface area contributed by atoms with Gasteiger partial charge >= 0.3 is 0 Å². The minimum absolute atomic E-state index is 0.0957. The Bertz CT molecular complexity index is 559. The quantitative estimate of drug-likeness (QED) is 0.435. The average molecular weight is 330 g/mol. The van der Waals surface area contributed by atoms with E-state index in [1.807, 2.05) is 13.8 Å². The fraction of sp³-hybridized carbons (Fsp3) is 0.462. The van der Waals surface area contributed by atoms with Crippen LogP contribution in [-0.2, 0) is 15.6 Å². The zero-order valence-corrected chi connectivity index (χ0v) is 13.8. The summed E-state index contributed by atoms with van der Waals surface area (Å²) in [6, 6.07) is 4.53. The molecule has 0 N–H and O–H groups in total. The molecule has 21 heavy (non-hydrogen) atoms. The van der Waals surface area contributed by atoms with Crippen LogP contribution in [0.15, 0.2) is 28.0 Å². The summed E-state index contributed by atoms with van der Waals surface area (Å²) in [4.78, 5) is 24.9. The maximum atomic E-state index is 12.3. The highest BCUT2D eigenvalue weighted by atomic mass is 32.2. The lowest BCUT2D eigenvalue weighted by molar-refractivity contribution is -0.388. The smallest absolute Gasteiger partial charge is 0.286 e. The molecule has 116 valence electrons. The number of amides is 1. The van der Waals surface area contributed by atoms with E-state index in [1.54, 1.807) is 17.2 Å². The van der Waals surface area contributed by atoms with Gasteiger partial charge in [0, 0.05) is 24.1 Å². The van der Waals surface area contributed by atoms with E-state index in [0.29, 0.717) is 13.1 Å². The summed E-state index contributed by atoms with van der Waals surface area (Å²) >= 11 is 1.37. The molecule has 1 aromatic rings. The van der Waals surface area contributed by atoms with E-state index < -0.39 is 15.7 Å². The number of hydrogen-bond donors (Lipinski definition) is 0. The predicted molar refractivity (Wildman–Crippen MR) is 84.1 cm³/mol. The van der Waals surface area contributed by atoms with E-state index in [2.05, 4.69) is 0 Å². The Morgan fingerprint density at radius 2 is 2.00 bits per heavy atom. The highest BCUT2D eigenvalue weighted by Gasteiger charge is 2.23. The zero-order valence-electron chi connectivity index (χ0n) is 12.2. The summed E-state index contributed by atoms with van der Waals surface area (Å²) < 4.78 is 12.3. The number of thioether (sulfide) groups is 1. The topological polar surface area (TPSA) is 80.5 Å². The van der Waals surface area contributed by atoms with Crippen LogP contribution in [0.4, 0.5) is 5.69 Å². The Kier molecular flexibility index (Phi) is 6.83. The average Bonchev–Trinajstić information content (AvgIpc) is 2.47. The van der Waals surface area contributed by atoms with E-state index in [1.165, 1.54) is 23.9 Å². The highest BCUT2D eigenvalue weighted by Crippen LogP contribution is 2.27. The van der Waals surface area contributed by atoms with Crippen molar-refractivity contribution in [1.82, 2.24) is 4.90 Å². The number of rotatable bonds is 7. The summed E-state index contributed by atoms with van der Waals surface area (Å²) in [5.41, 5.74) is -0.201. The molecule has 0 bridgehead atoms. The molecule has 0 radical (unpaired) electrons. The normalized spacial score (nSPS) is 12.0. The molecule has 0 fully saturated rings. The SMILES string of the molecule is CCN(CC)C(=O)CS(=O)c1ccc(SC)cc1[N+](=O)[O-]. The van der Waals surface area contributed by atoms with Crippen LogP contribution in [0.1, 0.15) is 13.8 Å². The summed E-state index contributed by atoms with van der Waals surface area (Å²) in [5, 5.41) is 11.1. The standard InChI is InChI=1S/C13H18N2O4S2/c1-4-14(5-2)13(16)9-21(19)12-7-6-10(20-3)8-11(12)15(17)18/h6-8H,4-5,9H2,1-3H3. The van der Waals surface area contributed by atoms with E-state index in [4.69, 9.17) is 0 Å². The first kappa shape index (κ1) is 17.6. The van der Waals surface area contributed by atoms with Crippen molar-refractivity contribution in [2.24, 2.45) is 0 Å². The van der Waals surface area contributed by atoms with Crippen LogP contribution in [0, 0.1) is 10.1 Å². The molecule has 1 amide bonds. The molecule has 0 aliphatic carbocycles. The van der Waals surface area contributed by atoms with Gasteiger partial charge in [0.05, 0.1) is 15.7 Å². The first-order valence-electron chi connectivity index (χ1n) is 6.43. The zero-order chi connectivity index (χ0) is 16.0. The van der Waals surface area contributed by atoms with E-state index in [-0.39, 0.29) is 22.2 Å². The largest absolute Gasteiger partial charge is 0.342 e. The van der Waals surface area contributed by atoms with Gasteiger partial charge in [0.25, 0.3) is 5.69 Å². The van der Waals surface area contributed by atoms with Crippen molar-refractivity contribution in [2.45, 2.75) is 23.6 Å². The number of nitro benzene ring substituents is 1. The summed E-state index contributed by atoms with van der Waals surface area (Å²) in [6.45, 7) is 4.72. The Morgan fingerprint density at radius 1 is 1.38 bits per heavy atom. The Hall–Kier alpha value is -1.41. The Labute approximate surface area is 130 Å². The maximum Gasteiger partial charge on any atom is 0.286 e. The van der Waals surface area contributed by atoms with Crippen molar-refractivity contribution in [2.75, 3.05) is 25.1 Å². The number of benzene rings is 1. The molecular formula is C13H18N2O4S2. The molecule has 0 aliphatic heterocycles. The molecule has 6 nitrogen and oxygen atoms in total. The van der Waals surface area contributed by atoms with Gasteiger partial charge in [0.1, 0.15) is 10.6 Å². The van der Waals surface area contributed by atoms with Crippen LogP contribution in [0.25, 0.3) is 0 Å². The third-order valence-corrected chi connectivity index (χ3v) is 5.05. The lowest BCUT2D eigenvalue weighted by atomic mass is 10.3. The van der Waals surface area contributed by atoms with Gasteiger partial charge < -0.3 is 4.90 Å². The summed E-state index contributed by atoms with van der Waals surface area (Å²) in [6.07, 6.45) is 1.81. The van der Waals surface area contributed by atoms with Crippen LogP contribution in [0.3, 0.4) is 0 Å². The van der Waals surface area contributed by atoms with Gasteiger partial charge in [-0.1, -0.05) is 0 Å². The van der Waals surface area contributed by atoms with Gasteiger partial charge in [-0.2, -0.15) is 0 Å². The van der Waals surface area contributed by atoms with Crippen molar-refractivity contribution in [3.8, 4) is 0 Å². The fourth-order valence-electron chi connectivity index (χ4n) is 1.82. The molecule has 0 spiro atoms. The molecule has 0 saturated heterocycles. The summed E-state index contributed by atoms with van der Waals surface area (Å²) in [7, 11) is -1.72. The van der Waals surface area contributed by atoms with Crippen molar-refractivity contribution in [3.05, 3.63) is 28.3 Å². The van der Waals surface area contributed by atoms with E-state index in [9.17, 15) is 19.1 Å². The van der Waals surface area contributed by atoms with Crippen LogP contribution in [-0.4, -0.2) is 45.0 Å². The maximum absolute atomic E-state index is 12.3. The summed E-state index contributed by atoms with van der Waals surface area (Å²) in [5.74, 6) is -0.497. The minimum atomic E-state index is -1.72. The van der Waals surface area contributed by atoms with Crippen molar-refractivity contribution in [1.29, 1.82) is 0 Å². The lowest BCUT2D eigenvalue weighted by Gasteiger charge is -2.18. The third-order valence-electron chi connectivity index (χ3n) is 2.98. The second kappa shape index (κ2) is 8.14. The van der Waals surface area contributed by atoms with Crippen LogP contribution < -0.4 is 0 Å². The van der Waals surface area contributed by atoms with Crippen molar-refractivity contribution in [3.63, 3.8) is 0 Å². The second-order valence-electron chi connectivity index (χ2n) is 4.15. The van der Waals surface area contributed by atoms with E-state index in [0.717, 1.165) is 4.90 Å². The number of nitrogens with zero attached hydrogens (tertiary/aromatic N) is 2. The van der Waals surface area contributed by atoms with Crippen LogP contribution in [0.2, 0.25) is 0 Å². The number of nitro groups is 1. The molecular weight excluding hydrogens is 312 g/mol. The molecule has 0 saturated carbocycles. The molecule has 1 rings (SSSR count). The predicted octanol–water partition coefficient (Wildman–Crippen LogP) is 2.29.